The number of imidazole rings is 1. The highest BCUT2D eigenvalue weighted by molar-refractivity contribution is 7.21. The van der Waals surface area contributed by atoms with Crippen LogP contribution in [0.3, 0.4) is 0 Å². The van der Waals surface area contributed by atoms with E-state index in [-0.39, 0.29) is 24.5 Å². The summed E-state index contributed by atoms with van der Waals surface area (Å²) in [7, 11) is 3.52. The molecule has 1 aliphatic carbocycles. The van der Waals surface area contributed by atoms with Gasteiger partial charge >= 0.3 is 0 Å². The fraction of sp³-hybridized carbons (Fsp3) is 0.385. The van der Waals surface area contributed by atoms with Gasteiger partial charge in [0.2, 0.25) is 0 Å². The number of aliphatic hydroxyl groups excluding tert-OH is 1. The van der Waals surface area contributed by atoms with Crippen LogP contribution in [0.1, 0.15) is 28.9 Å². The van der Waals surface area contributed by atoms with Gasteiger partial charge in [0, 0.05) is 51.3 Å². The molecule has 5 rings (SSSR count). The Morgan fingerprint density at radius 3 is 2.78 bits per heavy atom. The molecule has 10 heteroatoms. The molecule has 1 fully saturated rings. The summed E-state index contributed by atoms with van der Waals surface area (Å²) in [4.78, 5) is 28.9. The molecule has 0 unspecified atom stereocenters. The van der Waals surface area contributed by atoms with Crippen molar-refractivity contribution in [3.63, 3.8) is 0 Å². The summed E-state index contributed by atoms with van der Waals surface area (Å²) in [5, 5.41) is 17.1. The first-order chi connectivity index (χ1) is 17.6. The molecule has 2 atom stereocenters. The number of aromatic nitrogens is 4. The molecule has 3 N–H and O–H groups in total. The Hall–Kier alpha value is -3.34. The van der Waals surface area contributed by atoms with Gasteiger partial charge in [0.15, 0.2) is 11.6 Å². The molecule has 1 saturated carbocycles. The number of hydrogen-bond acceptors (Lipinski definition) is 8. The summed E-state index contributed by atoms with van der Waals surface area (Å²) in [5.74, 6) is 1.96. The maximum absolute atomic E-state index is 13.3. The fourth-order valence-electron chi connectivity index (χ4n) is 4.74. The van der Waals surface area contributed by atoms with Crippen molar-refractivity contribution in [2.75, 3.05) is 32.2 Å². The van der Waals surface area contributed by atoms with Gasteiger partial charge in [-0.25, -0.2) is 15.0 Å². The van der Waals surface area contributed by atoms with Crippen molar-refractivity contribution in [2.45, 2.75) is 25.3 Å². The van der Waals surface area contributed by atoms with E-state index in [9.17, 15) is 9.90 Å². The van der Waals surface area contributed by atoms with Gasteiger partial charge in [-0.2, -0.15) is 0 Å². The molecule has 188 valence electrons. The van der Waals surface area contributed by atoms with Crippen LogP contribution in [0, 0.1) is 5.92 Å². The maximum atomic E-state index is 13.3. The van der Waals surface area contributed by atoms with Crippen molar-refractivity contribution in [2.24, 2.45) is 13.0 Å². The predicted octanol–water partition coefficient (Wildman–Crippen LogP) is 3.71. The zero-order chi connectivity index (χ0) is 25.1. The normalized spacial score (nSPS) is 17.5. The predicted molar refractivity (Wildman–Crippen MR) is 141 cm³/mol. The summed E-state index contributed by atoms with van der Waals surface area (Å²) in [5.41, 5.74) is 1.74. The Kier molecular flexibility index (Phi) is 7.26. The van der Waals surface area contributed by atoms with Crippen molar-refractivity contribution >= 4 is 33.3 Å². The number of anilines is 1. The van der Waals surface area contributed by atoms with E-state index in [1.165, 1.54) is 11.3 Å². The first kappa shape index (κ1) is 24.4. The second kappa shape index (κ2) is 10.7. The molecule has 0 aliphatic heterocycles. The van der Waals surface area contributed by atoms with Crippen LogP contribution in [0.4, 0.5) is 5.82 Å². The summed E-state index contributed by atoms with van der Waals surface area (Å²) >= 11 is 1.36. The third-order valence-electron chi connectivity index (χ3n) is 6.57. The maximum Gasteiger partial charge on any atom is 0.262 e. The van der Waals surface area contributed by atoms with Gasteiger partial charge in [0.1, 0.15) is 15.5 Å². The van der Waals surface area contributed by atoms with E-state index in [0.29, 0.717) is 35.5 Å². The molecule has 1 aromatic carbocycles. The van der Waals surface area contributed by atoms with Gasteiger partial charge in [-0.05, 0) is 30.7 Å². The largest absolute Gasteiger partial charge is 0.396 e. The van der Waals surface area contributed by atoms with E-state index in [4.69, 9.17) is 14.7 Å². The minimum Gasteiger partial charge on any atom is -0.396 e. The second-order valence-corrected chi connectivity index (χ2v) is 10.1. The average molecular weight is 507 g/mol. The Morgan fingerprint density at radius 2 is 2.08 bits per heavy atom. The summed E-state index contributed by atoms with van der Waals surface area (Å²) < 4.78 is 6.99. The molecule has 0 bridgehead atoms. The third kappa shape index (κ3) is 4.84. The molecule has 36 heavy (non-hydrogen) atoms. The van der Waals surface area contributed by atoms with Gasteiger partial charge in [0.05, 0.1) is 12.0 Å². The molecule has 0 saturated heterocycles. The number of amides is 1. The number of nitrogens with one attached hydrogen (secondary N) is 2. The van der Waals surface area contributed by atoms with E-state index < -0.39 is 0 Å². The Balaban J connectivity index is 1.68. The van der Waals surface area contributed by atoms with Crippen LogP contribution in [-0.4, -0.2) is 63.4 Å². The first-order valence-electron chi connectivity index (χ1n) is 12.1. The van der Waals surface area contributed by atoms with E-state index >= 15 is 0 Å². The number of carbonyl (C=O) groups is 1. The number of benzene rings is 1. The lowest BCUT2D eigenvalue weighted by Gasteiger charge is -2.16. The number of nitrogens with zero attached hydrogens (tertiary/aromatic N) is 4. The molecule has 0 spiro atoms. The van der Waals surface area contributed by atoms with Gasteiger partial charge in [-0.3, -0.25) is 4.79 Å². The Labute approximate surface area is 213 Å². The molecular weight excluding hydrogens is 476 g/mol. The lowest BCUT2D eigenvalue weighted by molar-refractivity contribution is 0.0942. The zero-order valence-electron chi connectivity index (χ0n) is 20.4. The number of fused-ring (bicyclic) bond motifs is 1. The molecule has 9 nitrogen and oxygen atoms in total. The Bertz CT molecular complexity index is 1350. The van der Waals surface area contributed by atoms with Crippen molar-refractivity contribution < 1.29 is 14.6 Å². The van der Waals surface area contributed by atoms with E-state index in [1.807, 2.05) is 48.1 Å². The van der Waals surface area contributed by atoms with Gasteiger partial charge in [-0.1, -0.05) is 30.3 Å². The van der Waals surface area contributed by atoms with Crippen LogP contribution in [0.5, 0.6) is 0 Å². The first-order valence-corrected chi connectivity index (χ1v) is 12.9. The minimum atomic E-state index is -0.167. The summed E-state index contributed by atoms with van der Waals surface area (Å²) in [6.07, 6.45) is 6.37. The van der Waals surface area contributed by atoms with Crippen LogP contribution in [0.15, 0.2) is 42.7 Å². The fourth-order valence-corrected chi connectivity index (χ4v) is 5.85. The molecule has 1 amide bonds. The van der Waals surface area contributed by atoms with E-state index in [1.54, 1.807) is 13.3 Å². The molecule has 1 aliphatic rings. The lowest BCUT2D eigenvalue weighted by atomic mass is 10.0. The topological polar surface area (TPSA) is 114 Å². The molecule has 4 aromatic rings. The number of thiophene rings is 1. The highest BCUT2D eigenvalue weighted by Gasteiger charge is 2.29. The average Bonchev–Trinajstić information content (AvgIpc) is 3.62. The van der Waals surface area contributed by atoms with Crippen LogP contribution in [0.2, 0.25) is 0 Å². The number of aryl methyl sites for hydroxylation is 1. The smallest absolute Gasteiger partial charge is 0.262 e. The van der Waals surface area contributed by atoms with Crippen LogP contribution in [-0.2, 0) is 11.8 Å². The van der Waals surface area contributed by atoms with Crippen LogP contribution < -0.4 is 10.6 Å². The highest BCUT2D eigenvalue weighted by atomic mass is 32.1. The molecule has 0 radical (unpaired) electrons. The van der Waals surface area contributed by atoms with E-state index in [0.717, 1.165) is 40.6 Å². The van der Waals surface area contributed by atoms with Crippen molar-refractivity contribution in [3.8, 4) is 22.8 Å². The van der Waals surface area contributed by atoms with Crippen LogP contribution >= 0.6 is 11.3 Å². The quantitative estimate of drug-likeness (QED) is 0.297. The second-order valence-electron chi connectivity index (χ2n) is 9.06. The molecule has 3 heterocycles. The lowest BCUT2D eigenvalue weighted by Crippen LogP contribution is -2.26. The Morgan fingerprint density at radius 1 is 1.25 bits per heavy atom. The number of rotatable bonds is 9. The molecular formula is C26H30N6O3S. The number of ether oxygens (including phenoxy) is 1. The third-order valence-corrected chi connectivity index (χ3v) is 7.66. The number of hydrogen-bond donors (Lipinski definition) is 3. The van der Waals surface area contributed by atoms with E-state index in [2.05, 4.69) is 15.6 Å². The van der Waals surface area contributed by atoms with Gasteiger partial charge < -0.3 is 25.0 Å². The van der Waals surface area contributed by atoms with Crippen molar-refractivity contribution in [1.82, 2.24) is 24.8 Å². The van der Waals surface area contributed by atoms with Crippen LogP contribution in [0.25, 0.3) is 33.0 Å². The zero-order valence-corrected chi connectivity index (χ0v) is 21.2. The van der Waals surface area contributed by atoms with Gasteiger partial charge in [0.25, 0.3) is 5.91 Å². The number of carbonyl (C=O) groups excluding carboxylic acids is 1. The SMILES string of the molecule is COCCNC(=O)c1sc2nc(-c3nccn3C)nc(N[C@@H]3CC[C@H](CO)C3)c2c1-c1ccccc1. The minimum absolute atomic E-state index is 0.167. The summed E-state index contributed by atoms with van der Waals surface area (Å²) in [6.45, 7) is 1.04. The number of aliphatic hydroxyl groups is 1. The monoisotopic (exact) mass is 506 g/mol. The molecule has 3 aromatic heterocycles. The van der Waals surface area contributed by atoms with Crippen molar-refractivity contribution in [1.29, 1.82) is 0 Å². The van der Waals surface area contributed by atoms with Gasteiger partial charge in [-0.15, -0.1) is 11.3 Å². The highest BCUT2D eigenvalue weighted by Crippen LogP contribution is 2.43. The summed E-state index contributed by atoms with van der Waals surface area (Å²) in [6, 6.07) is 10.1. The number of methoxy groups -OCH3 is 1. The standard InChI is InChI=1S/C26H30N6O3S/c1-32-12-10-27-24(32)23-30-22(29-18-9-8-16(14-18)15-33)20-19(17-6-4-3-5-7-17)21(36-26(20)31-23)25(34)28-11-13-35-2/h3-7,10,12,16,18,33H,8-9,11,13-15H2,1-2H3,(H,28,34)(H,29,30,31)/t16-,18+/m0/s1. The van der Waals surface area contributed by atoms with Crippen molar-refractivity contribution in [3.05, 3.63) is 47.6 Å².